The molecule has 19 heavy (non-hydrogen) atoms. The topological polar surface area (TPSA) is 15.3 Å². The van der Waals surface area contributed by atoms with Gasteiger partial charge in [0.25, 0.3) is 0 Å². The van der Waals surface area contributed by atoms with E-state index in [1.165, 1.54) is 43.4 Å². The van der Waals surface area contributed by atoms with Crippen LogP contribution in [0.3, 0.4) is 0 Å². The highest BCUT2D eigenvalue weighted by Crippen LogP contribution is 2.30. The molecule has 1 unspecified atom stereocenters. The minimum absolute atomic E-state index is 0.660. The lowest BCUT2D eigenvalue weighted by molar-refractivity contribution is 0.126. The molecule has 1 aromatic carbocycles. The van der Waals surface area contributed by atoms with Crippen LogP contribution < -0.4 is 5.32 Å². The van der Waals surface area contributed by atoms with Crippen LogP contribution in [0.15, 0.2) is 24.3 Å². The average Bonchev–Trinajstić information content (AvgIpc) is 2.47. The van der Waals surface area contributed by atoms with Crippen LogP contribution in [0.1, 0.15) is 38.2 Å². The van der Waals surface area contributed by atoms with Gasteiger partial charge in [-0.05, 0) is 56.7 Å². The number of para-hydroxylation sites is 1. The van der Waals surface area contributed by atoms with E-state index < -0.39 is 0 Å². The first-order valence-electron chi connectivity index (χ1n) is 7.77. The maximum absolute atomic E-state index is 3.60. The zero-order valence-electron chi connectivity index (χ0n) is 12.2. The van der Waals surface area contributed by atoms with E-state index in [0.717, 1.165) is 18.5 Å². The number of hydrogen-bond donors (Lipinski definition) is 1. The Morgan fingerprint density at radius 2 is 1.79 bits per heavy atom. The number of likely N-dealkylation sites (N-methyl/N-ethyl adjacent to an activating group) is 1. The Labute approximate surface area is 117 Å². The van der Waals surface area contributed by atoms with Crippen molar-refractivity contribution in [1.82, 2.24) is 4.90 Å². The summed E-state index contributed by atoms with van der Waals surface area (Å²) in [4.78, 5) is 2.65. The van der Waals surface area contributed by atoms with Crippen LogP contribution in [0.2, 0.25) is 0 Å². The molecule has 0 amide bonds. The minimum Gasteiger partial charge on any atom is -0.383 e. The van der Waals surface area contributed by atoms with Gasteiger partial charge in [0.15, 0.2) is 0 Å². The van der Waals surface area contributed by atoms with Crippen molar-refractivity contribution in [2.75, 3.05) is 18.9 Å². The summed E-state index contributed by atoms with van der Waals surface area (Å²) < 4.78 is 0. The van der Waals surface area contributed by atoms with Crippen molar-refractivity contribution < 1.29 is 0 Å². The van der Waals surface area contributed by atoms with Crippen LogP contribution in [0.4, 0.5) is 5.69 Å². The molecule has 3 rings (SSSR count). The van der Waals surface area contributed by atoms with E-state index in [2.05, 4.69) is 48.5 Å². The summed E-state index contributed by atoms with van der Waals surface area (Å²) >= 11 is 0. The summed E-state index contributed by atoms with van der Waals surface area (Å²) in [5.74, 6) is 0.940. The van der Waals surface area contributed by atoms with Crippen molar-refractivity contribution in [3.05, 3.63) is 29.8 Å². The average molecular weight is 258 g/mol. The van der Waals surface area contributed by atoms with Gasteiger partial charge < -0.3 is 5.32 Å². The van der Waals surface area contributed by atoms with Crippen molar-refractivity contribution in [3.8, 4) is 0 Å². The molecular formula is C17H26N2. The molecule has 0 radical (unpaired) electrons. The molecule has 1 heterocycles. The Morgan fingerprint density at radius 3 is 2.58 bits per heavy atom. The third-order valence-corrected chi connectivity index (χ3v) is 5.14. The standard InChI is InChI=1S/C17H26N2/c1-13-7-9-15(10-8-13)19(2)16-11-14-5-3-4-6-17(14)18-12-16/h3-6,13,15-16,18H,7-12H2,1-2H3. The van der Waals surface area contributed by atoms with Crippen LogP contribution in [0.5, 0.6) is 0 Å². The largest absolute Gasteiger partial charge is 0.383 e. The van der Waals surface area contributed by atoms with Crippen molar-refractivity contribution in [2.24, 2.45) is 5.92 Å². The molecule has 1 saturated carbocycles. The number of benzene rings is 1. The molecule has 0 saturated heterocycles. The van der Waals surface area contributed by atoms with Gasteiger partial charge in [-0.25, -0.2) is 0 Å². The third-order valence-electron chi connectivity index (χ3n) is 5.14. The molecule has 1 aliphatic carbocycles. The Balaban J connectivity index is 1.64. The number of fused-ring (bicyclic) bond motifs is 1. The number of rotatable bonds is 2. The highest BCUT2D eigenvalue weighted by Gasteiger charge is 2.28. The second-order valence-electron chi connectivity index (χ2n) is 6.48. The molecule has 1 fully saturated rings. The van der Waals surface area contributed by atoms with E-state index in [4.69, 9.17) is 0 Å². The highest BCUT2D eigenvalue weighted by molar-refractivity contribution is 5.53. The van der Waals surface area contributed by atoms with Gasteiger partial charge in [-0.3, -0.25) is 4.90 Å². The van der Waals surface area contributed by atoms with Crippen molar-refractivity contribution in [1.29, 1.82) is 0 Å². The highest BCUT2D eigenvalue weighted by atomic mass is 15.2. The van der Waals surface area contributed by atoms with E-state index in [1.807, 2.05) is 0 Å². The Kier molecular flexibility index (Phi) is 3.79. The predicted molar refractivity (Wildman–Crippen MR) is 81.6 cm³/mol. The lowest BCUT2D eigenvalue weighted by atomic mass is 9.85. The number of hydrogen-bond acceptors (Lipinski definition) is 2. The van der Waals surface area contributed by atoms with Crippen molar-refractivity contribution in [2.45, 2.75) is 51.1 Å². The molecule has 0 aromatic heterocycles. The van der Waals surface area contributed by atoms with Crippen LogP contribution >= 0.6 is 0 Å². The van der Waals surface area contributed by atoms with Crippen LogP contribution in [-0.2, 0) is 6.42 Å². The minimum atomic E-state index is 0.660. The molecule has 0 spiro atoms. The fraction of sp³-hybridized carbons (Fsp3) is 0.647. The summed E-state index contributed by atoms with van der Waals surface area (Å²) in [6, 6.07) is 10.2. The van der Waals surface area contributed by atoms with Gasteiger partial charge in [-0.2, -0.15) is 0 Å². The van der Waals surface area contributed by atoms with Gasteiger partial charge in [-0.15, -0.1) is 0 Å². The lowest BCUT2D eigenvalue weighted by Crippen LogP contribution is -2.47. The maximum atomic E-state index is 3.60. The van der Waals surface area contributed by atoms with Gasteiger partial charge in [0, 0.05) is 24.3 Å². The second kappa shape index (κ2) is 5.54. The first kappa shape index (κ1) is 13.0. The summed E-state index contributed by atoms with van der Waals surface area (Å²) in [5, 5.41) is 3.60. The second-order valence-corrected chi connectivity index (χ2v) is 6.48. The molecule has 1 atom stereocenters. The summed E-state index contributed by atoms with van der Waals surface area (Å²) in [5.41, 5.74) is 2.82. The molecule has 2 aliphatic rings. The Hall–Kier alpha value is -1.02. The normalized spacial score (nSPS) is 30.8. The molecular weight excluding hydrogens is 232 g/mol. The van der Waals surface area contributed by atoms with Gasteiger partial charge in [-0.1, -0.05) is 25.1 Å². The quantitative estimate of drug-likeness (QED) is 0.873. The fourth-order valence-corrected chi connectivity index (χ4v) is 3.66. The van der Waals surface area contributed by atoms with Crippen molar-refractivity contribution in [3.63, 3.8) is 0 Å². The predicted octanol–water partition coefficient (Wildman–Crippen LogP) is 3.53. The Bertz CT molecular complexity index is 421. The molecule has 2 heteroatoms. The van der Waals surface area contributed by atoms with Crippen LogP contribution in [0, 0.1) is 5.92 Å². The zero-order valence-corrected chi connectivity index (χ0v) is 12.2. The SMILES string of the molecule is CC1CCC(N(C)C2CNc3ccccc3C2)CC1. The summed E-state index contributed by atoms with van der Waals surface area (Å²) in [6.45, 7) is 3.49. The third kappa shape index (κ3) is 2.79. The van der Waals surface area contributed by atoms with Crippen LogP contribution in [0.25, 0.3) is 0 Å². The van der Waals surface area contributed by atoms with E-state index in [0.29, 0.717) is 6.04 Å². The Morgan fingerprint density at radius 1 is 1.05 bits per heavy atom. The summed E-state index contributed by atoms with van der Waals surface area (Å²) in [6.07, 6.45) is 6.79. The van der Waals surface area contributed by atoms with Crippen LogP contribution in [-0.4, -0.2) is 30.6 Å². The number of nitrogens with zero attached hydrogens (tertiary/aromatic N) is 1. The smallest absolute Gasteiger partial charge is 0.0373 e. The zero-order chi connectivity index (χ0) is 13.2. The summed E-state index contributed by atoms with van der Waals surface area (Å²) in [7, 11) is 2.33. The van der Waals surface area contributed by atoms with E-state index in [1.54, 1.807) is 0 Å². The molecule has 0 bridgehead atoms. The van der Waals surface area contributed by atoms with Gasteiger partial charge in [0.1, 0.15) is 0 Å². The molecule has 2 nitrogen and oxygen atoms in total. The number of nitrogens with one attached hydrogen (secondary N) is 1. The molecule has 1 aliphatic heterocycles. The fourth-order valence-electron chi connectivity index (χ4n) is 3.66. The molecule has 104 valence electrons. The van der Waals surface area contributed by atoms with Gasteiger partial charge in [0.05, 0.1) is 0 Å². The van der Waals surface area contributed by atoms with Gasteiger partial charge >= 0.3 is 0 Å². The lowest BCUT2D eigenvalue weighted by Gasteiger charge is -2.40. The monoisotopic (exact) mass is 258 g/mol. The molecule has 1 aromatic rings. The first-order chi connectivity index (χ1) is 9.24. The number of anilines is 1. The van der Waals surface area contributed by atoms with Crippen molar-refractivity contribution >= 4 is 5.69 Å². The van der Waals surface area contributed by atoms with E-state index in [-0.39, 0.29) is 0 Å². The van der Waals surface area contributed by atoms with E-state index in [9.17, 15) is 0 Å². The van der Waals surface area contributed by atoms with Gasteiger partial charge in [0.2, 0.25) is 0 Å². The van der Waals surface area contributed by atoms with E-state index >= 15 is 0 Å². The maximum Gasteiger partial charge on any atom is 0.0373 e. The first-order valence-corrected chi connectivity index (χ1v) is 7.77. The molecule has 1 N–H and O–H groups in total.